The second-order valence-electron chi connectivity index (χ2n) is 3.94. The Morgan fingerprint density at radius 2 is 2.12 bits per heavy atom. The fraction of sp³-hybridized carbons (Fsp3) is 0.0769. The maximum absolute atomic E-state index is 11.0. The molecule has 3 nitrogen and oxygen atoms in total. The van der Waals surface area contributed by atoms with E-state index in [1.807, 2.05) is 24.3 Å². The van der Waals surface area contributed by atoms with Gasteiger partial charge in [0.05, 0.1) is 22.2 Å². The van der Waals surface area contributed by atoms with Gasteiger partial charge in [-0.2, -0.15) is 12.6 Å². The first-order chi connectivity index (χ1) is 8.16. The number of aliphatic carboxylic acids is 1. The molecule has 0 amide bonds. The minimum Gasteiger partial charge on any atom is -0.478 e. The standard InChI is InChI=1S/C13H9NO2S/c15-13(16)7-5-9-8-3-1-2-4-10(8)14-12(9)11(17)6-7/h1-6,11,17H,(H,15,16). The topological polar surface area (TPSA) is 49.7 Å². The van der Waals surface area contributed by atoms with Gasteiger partial charge in [-0.1, -0.05) is 24.3 Å². The van der Waals surface area contributed by atoms with Gasteiger partial charge in [0.1, 0.15) is 0 Å². The molecule has 0 fully saturated rings. The lowest BCUT2D eigenvalue weighted by atomic mass is 9.93. The van der Waals surface area contributed by atoms with Crippen LogP contribution in [0.25, 0.3) is 5.57 Å². The zero-order valence-corrected chi connectivity index (χ0v) is 9.69. The van der Waals surface area contributed by atoms with Gasteiger partial charge in [-0.3, -0.25) is 4.99 Å². The van der Waals surface area contributed by atoms with Crippen molar-refractivity contribution < 1.29 is 9.90 Å². The molecule has 4 heteroatoms. The van der Waals surface area contributed by atoms with Crippen molar-refractivity contribution in [1.29, 1.82) is 0 Å². The second kappa shape index (κ2) is 3.60. The third-order valence-electron chi connectivity index (χ3n) is 2.88. The summed E-state index contributed by atoms with van der Waals surface area (Å²) in [5.41, 5.74) is 3.84. The Kier molecular flexibility index (Phi) is 2.19. The van der Waals surface area contributed by atoms with E-state index in [1.54, 1.807) is 12.2 Å². The van der Waals surface area contributed by atoms with E-state index < -0.39 is 5.97 Å². The molecule has 1 aliphatic carbocycles. The first-order valence-corrected chi connectivity index (χ1v) is 5.71. The number of hydrogen-bond acceptors (Lipinski definition) is 3. The van der Waals surface area contributed by atoms with Crippen molar-refractivity contribution in [3.63, 3.8) is 0 Å². The Morgan fingerprint density at radius 3 is 2.88 bits per heavy atom. The third kappa shape index (κ3) is 1.52. The fourth-order valence-corrected chi connectivity index (χ4v) is 2.45. The number of carboxylic acids is 1. The Bertz CT molecular complexity index is 614. The molecule has 1 aromatic rings. The van der Waals surface area contributed by atoms with Crippen LogP contribution in [-0.2, 0) is 4.79 Å². The summed E-state index contributed by atoms with van der Waals surface area (Å²) < 4.78 is 0. The van der Waals surface area contributed by atoms with Crippen LogP contribution < -0.4 is 0 Å². The van der Waals surface area contributed by atoms with Crippen molar-refractivity contribution in [3.8, 4) is 0 Å². The molecule has 84 valence electrons. The van der Waals surface area contributed by atoms with Crippen LogP contribution in [0, 0.1) is 0 Å². The van der Waals surface area contributed by atoms with Crippen molar-refractivity contribution in [2.24, 2.45) is 4.99 Å². The van der Waals surface area contributed by atoms with Crippen molar-refractivity contribution in [2.45, 2.75) is 5.25 Å². The minimum atomic E-state index is -0.931. The SMILES string of the molecule is O=C(O)C1=CC(S)C2=Nc3ccccc3C2=C1. The molecule has 0 bridgehead atoms. The number of thiol groups is 1. The number of para-hydroxylation sites is 1. The van der Waals surface area contributed by atoms with Crippen LogP contribution >= 0.6 is 12.6 Å². The Hall–Kier alpha value is -1.81. The van der Waals surface area contributed by atoms with Crippen LogP contribution in [0.4, 0.5) is 5.69 Å². The smallest absolute Gasteiger partial charge is 0.335 e. The van der Waals surface area contributed by atoms with E-state index in [-0.39, 0.29) is 10.8 Å². The summed E-state index contributed by atoms with van der Waals surface area (Å²) in [4.78, 5) is 15.5. The molecule has 3 rings (SSSR count). The molecule has 1 heterocycles. The average molecular weight is 243 g/mol. The predicted molar refractivity (Wildman–Crippen MR) is 70.0 cm³/mol. The Labute approximate surface area is 104 Å². The molecule has 0 spiro atoms. The molecule has 0 saturated carbocycles. The Morgan fingerprint density at radius 1 is 1.35 bits per heavy atom. The summed E-state index contributed by atoms with van der Waals surface area (Å²) in [6.07, 6.45) is 3.28. The van der Waals surface area contributed by atoms with Crippen molar-refractivity contribution in [3.05, 3.63) is 47.6 Å². The molecule has 0 saturated heterocycles. The molecular formula is C13H9NO2S. The number of rotatable bonds is 1. The summed E-state index contributed by atoms with van der Waals surface area (Å²) in [5.74, 6) is -0.931. The van der Waals surface area contributed by atoms with Crippen molar-refractivity contribution in [2.75, 3.05) is 0 Å². The monoisotopic (exact) mass is 243 g/mol. The number of hydrogen-bond donors (Lipinski definition) is 2. The van der Waals surface area contributed by atoms with E-state index in [1.165, 1.54) is 0 Å². The predicted octanol–water partition coefficient (Wildman–Crippen LogP) is 2.48. The largest absolute Gasteiger partial charge is 0.478 e. The summed E-state index contributed by atoms with van der Waals surface area (Å²) >= 11 is 4.38. The molecule has 1 aliphatic heterocycles. The van der Waals surface area contributed by atoms with Gasteiger partial charge in [-0.15, -0.1) is 0 Å². The van der Waals surface area contributed by atoms with Crippen LogP contribution in [0.2, 0.25) is 0 Å². The first-order valence-electron chi connectivity index (χ1n) is 5.20. The van der Waals surface area contributed by atoms with E-state index in [2.05, 4.69) is 17.6 Å². The lowest BCUT2D eigenvalue weighted by Gasteiger charge is -2.15. The number of fused-ring (bicyclic) bond motifs is 3. The summed E-state index contributed by atoms with van der Waals surface area (Å²) in [6.45, 7) is 0. The highest BCUT2D eigenvalue weighted by Crippen LogP contribution is 2.39. The van der Waals surface area contributed by atoms with Gasteiger partial charge in [-0.25, -0.2) is 4.79 Å². The van der Waals surface area contributed by atoms with Gasteiger partial charge >= 0.3 is 5.97 Å². The van der Waals surface area contributed by atoms with Crippen molar-refractivity contribution >= 4 is 35.6 Å². The maximum atomic E-state index is 11.0. The molecule has 1 N–H and O–H groups in total. The van der Waals surface area contributed by atoms with Gasteiger partial charge in [0, 0.05) is 11.1 Å². The van der Waals surface area contributed by atoms with E-state index in [0.29, 0.717) is 0 Å². The molecule has 2 aliphatic rings. The second-order valence-corrected chi connectivity index (χ2v) is 4.50. The van der Waals surface area contributed by atoms with Crippen molar-refractivity contribution in [1.82, 2.24) is 0 Å². The Balaban J connectivity index is 2.18. The molecule has 1 atom stereocenters. The number of carbonyl (C=O) groups is 1. The molecular weight excluding hydrogens is 234 g/mol. The number of carboxylic acid groups (broad SMARTS) is 1. The lowest BCUT2D eigenvalue weighted by molar-refractivity contribution is -0.132. The lowest BCUT2D eigenvalue weighted by Crippen LogP contribution is -2.18. The zero-order valence-electron chi connectivity index (χ0n) is 8.79. The number of aliphatic imine (C=N–C) groups is 1. The highest BCUT2D eigenvalue weighted by Gasteiger charge is 2.28. The summed E-state index contributed by atoms with van der Waals surface area (Å²) in [6, 6.07) is 7.70. The van der Waals surface area contributed by atoms with Crippen LogP contribution in [0.3, 0.4) is 0 Å². The maximum Gasteiger partial charge on any atom is 0.335 e. The normalized spacial score (nSPS) is 21.0. The van der Waals surface area contributed by atoms with E-state index in [0.717, 1.165) is 22.5 Å². The third-order valence-corrected chi connectivity index (χ3v) is 3.27. The number of benzene rings is 1. The van der Waals surface area contributed by atoms with Crippen LogP contribution in [0.15, 0.2) is 47.0 Å². The molecule has 1 aromatic carbocycles. The molecule has 0 aromatic heterocycles. The van der Waals surface area contributed by atoms with Gasteiger partial charge in [0.15, 0.2) is 0 Å². The van der Waals surface area contributed by atoms with E-state index >= 15 is 0 Å². The highest BCUT2D eigenvalue weighted by molar-refractivity contribution is 7.82. The molecule has 0 radical (unpaired) electrons. The zero-order chi connectivity index (χ0) is 12.0. The summed E-state index contributed by atoms with van der Waals surface area (Å²) in [7, 11) is 0. The molecule has 1 unspecified atom stereocenters. The van der Waals surface area contributed by atoms with Crippen LogP contribution in [0.5, 0.6) is 0 Å². The quantitative estimate of drug-likeness (QED) is 0.744. The first kappa shape index (κ1) is 10.4. The fourth-order valence-electron chi connectivity index (χ4n) is 2.09. The summed E-state index contributed by atoms with van der Waals surface area (Å²) in [5, 5.41) is 8.78. The van der Waals surface area contributed by atoms with Gasteiger partial charge in [0.25, 0.3) is 0 Å². The average Bonchev–Trinajstić information content (AvgIpc) is 2.68. The van der Waals surface area contributed by atoms with E-state index in [4.69, 9.17) is 5.11 Å². The number of allylic oxidation sites excluding steroid dienone is 1. The molecule has 17 heavy (non-hydrogen) atoms. The highest BCUT2D eigenvalue weighted by atomic mass is 32.1. The van der Waals surface area contributed by atoms with Gasteiger partial charge < -0.3 is 5.11 Å². The van der Waals surface area contributed by atoms with Gasteiger partial charge in [0.2, 0.25) is 0 Å². The van der Waals surface area contributed by atoms with E-state index in [9.17, 15) is 4.79 Å². The van der Waals surface area contributed by atoms with Gasteiger partial charge in [-0.05, 0) is 12.1 Å². The minimum absolute atomic E-state index is 0.256. The van der Waals surface area contributed by atoms with Crippen LogP contribution in [0.1, 0.15) is 5.56 Å². The van der Waals surface area contributed by atoms with Crippen LogP contribution in [-0.4, -0.2) is 22.0 Å². The number of nitrogens with zero attached hydrogens (tertiary/aromatic N) is 1.